The Balaban J connectivity index is 2.12. The SMILES string of the molecule is CS(=O)(=O)Nc1cc(NC(=O)C2CSCN2)ccc1F. The molecule has 0 spiro atoms. The minimum absolute atomic E-state index is 0.195. The second-order valence-electron chi connectivity index (χ2n) is 4.33. The summed E-state index contributed by atoms with van der Waals surface area (Å²) in [6, 6.07) is 3.43. The van der Waals surface area contributed by atoms with E-state index in [1.165, 1.54) is 12.1 Å². The molecule has 6 nitrogen and oxygen atoms in total. The van der Waals surface area contributed by atoms with Crippen LogP contribution in [0.2, 0.25) is 0 Å². The average molecular weight is 319 g/mol. The molecule has 20 heavy (non-hydrogen) atoms. The van der Waals surface area contributed by atoms with E-state index in [4.69, 9.17) is 0 Å². The lowest BCUT2D eigenvalue weighted by molar-refractivity contribution is -0.117. The third-order valence-corrected chi connectivity index (χ3v) is 4.09. The fraction of sp³-hybridized carbons (Fsp3) is 0.364. The molecule has 9 heteroatoms. The van der Waals surface area contributed by atoms with Gasteiger partial charge in [-0.15, -0.1) is 11.8 Å². The number of hydrogen-bond donors (Lipinski definition) is 3. The van der Waals surface area contributed by atoms with Crippen molar-refractivity contribution in [3.05, 3.63) is 24.0 Å². The first-order valence-electron chi connectivity index (χ1n) is 5.74. The van der Waals surface area contributed by atoms with Crippen molar-refractivity contribution in [2.45, 2.75) is 6.04 Å². The van der Waals surface area contributed by atoms with Gasteiger partial charge in [-0.2, -0.15) is 0 Å². The van der Waals surface area contributed by atoms with Gasteiger partial charge in [0.25, 0.3) is 0 Å². The predicted molar refractivity (Wildman–Crippen MR) is 77.7 cm³/mol. The van der Waals surface area contributed by atoms with Gasteiger partial charge >= 0.3 is 0 Å². The first-order valence-corrected chi connectivity index (χ1v) is 8.79. The van der Waals surface area contributed by atoms with Crippen molar-refractivity contribution < 1.29 is 17.6 Å². The minimum Gasteiger partial charge on any atom is -0.325 e. The number of hydrogen-bond acceptors (Lipinski definition) is 5. The summed E-state index contributed by atoms with van der Waals surface area (Å²) in [4.78, 5) is 11.9. The van der Waals surface area contributed by atoms with Crippen LogP contribution in [0.25, 0.3) is 0 Å². The Hall–Kier alpha value is -1.32. The van der Waals surface area contributed by atoms with Crippen molar-refractivity contribution in [1.82, 2.24) is 5.32 Å². The van der Waals surface area contributed by atoms with Crippen molar-refractivity contribution in [3.8, 4) is 0 Å². The molecule has 1 amide bonds. The zero-order valence-corrected chi connectivity index (χ0v) is 12.3. The third kappa shape index (κ3) is 4.09. The fourth-order valence-corrected chi connectivity index (χ4v) is 3.17. The van der Waals surface area contributed by atoms with Gasteiger partial charge in [0.15, 0.2) is 0 Å². The standard InChI is InChI=1S/C11H14FN3O3S2/c1-20(17,18)15-9-4-7(2-3-8(9)12)14-11(16)10-5-19-6-13-10/h2-4,10,13,15H,5-6H2,1H3,(H,14,16). The van der Waals surface area contributed by atoms with E-state index in [2.05, 4.69) is 15.4 Å². The van der Waals surface area contributed by atoms with Crippen molar-refractivity contribution in [2.24, 2.45) is 0 Å². The molecule has 1 fully saturated rings. The molecule has 2 rings (SSSR count). The highest BCUT2D eigenvalue weighted by atomic mass is 32.2. The molecule has 1 aromatic rings. The molecule has 3 N–H and O–H groups in total. The molecule has 1 atom stereocenters. The Morgan fingerprint density at radius 2 is 2.25 bits per heavy atom. The molecule has 1 aliphatic rings. The van der Waals surface area contributed by atoms with Gasteiger partial charge in [-0.3, -0.25) is 14.8 Å². The molecule has 1 unspecified atom stereocenters. The van der Waals surface area contributed by atoms with Gasteiger partial charge in [0.1, 0.15) is 5.82 Å². The van der Waals surface area contributed by atoms with Gasteiger partial charge in [-0.05, 0) is 18.2 Å². The molecule has 0 radical (unpaired) electrons. The summed E-state index contributed by atoms with van der Waals surface area (Å²) < 4.78 is 37.8. The maximum Gasteiger partial charge on any atom is 0.242 e. The summed E-state index contributed by atoms with van der Waals surface area (Å²) in [6.07, 6.45) is 0.928. The van der Waals surface area contributed by atoms with Crippen LogP contribution in [0.1, 0.15) is 0 Å². The van der Waals surface area contributed by atoms with E-state index in [0.29, 0.717) is 17.3 Å². The highest BCUT2D eigenvalue weighted by Gasteiger charge is 2.22. The number of halogens is 1. The number of benzene rings is 1. The van der Waals surface area contributed by atoms with E-state index in [-0.39, 0.29) is 17.6 Å². The summed E-state index contributed by atoms with van der Waals surface area (Å²) in [5, 5.41) is 5.63. The van der Waals surface area contributed by atoms with Gasteiger partial charge in [-0.1, -0.05) is 0 Å². The van der Waals surface area contributed by atoms with Crippen LogP contribution in [-0.2, 0) is 14.8 Å². The predicted octanol–water partition coefficient (Wildman–Crippen LogP) is 0.798. The van der Waals surface area contributed by atoms with E-state index in [0.717, 1.165) is 12.3 Å². The van der Waals surface area contributed by atoms with E-state index < -0.39 is 15.8 Å². The highest BCUT2D eigenvalue weighted by Crippen LogP contribution is 2.21. The van der Waals surface area contributed by atoms with Crippen molar-refractivity contribution in [3.63, 3.8) is 0 Å². The lowest BCUT2D eigenvalue weighted by atomic mass is 10.2. The topological polar surface area (TPSA) is 87.3 Å². The third-order valence-electron chi connectivity index (χ3n) is 2.56. The monoisotopic (exact) mass is 319 g/mol. The van der Waals surface area contributed by atoms with Crippen LogP contribution in [0.3, 0.4) is 0 Å². The Labute approximate surface area is 120 Å². The highest BCUT2D eigenvalue weighted by molar-refractivity contribution is 7.99. The normalized spacial score (nSPS) is 18.8. The molecular weight excluding hydrogens is 305 g/mol. The van der Waals surface area contributed by atoms with Crippen molar-refractivity contribution >= 4 is 39.1 Å². The van der Waals surface area contributed by atoms with Crippen LogP contribution in [0.4, 0.5) is 15.8 Å². The second kappa shape index (κ2) is 5.98. The van der Waals surface area contributed by atoms with Gasteiger partial charge in [-0.25, -0.2) is 12.8 Å². The Kier molecular flexibility index (Phi) is 4.51. The van der Waals surface area contributed by atoms with Crippen LogP contribution in [0.15, 0.2) is 18.2 Å². The van der Waals surface area contributed by atoms with Crippen LogP contribution in [-0.4, -0.2) is 38.3 Å². The summed E-state index contributed by atoms with van der Waals surface area (Å²) in [7, 11) is -3.58. The van der Waals surface area contributed by atoms with Gasteiger partial charge in [0, 0.05) is 17.3 Å². The number of carbonyl (C=O) groups excluding carboxylic acids is 1. The zero-order chi connectivity index (χ0) is 14.8. The Bertz CT molecular complexity index is 615. The number of sulfonamides is 1. The van der Waals surface area contributed by atoms with Crippen LogP contribution in [0, 0.1) is 5.82 Å². The smallest absolute Gasteiger partial charge is 0.242 e. The molecule has 0 saturated carbocycles. The van der Waals surface area contributed by atoms with E-state index >= 15 is 0 Å². The zero-order valence-electron chi connectivity index (χ0n) is 10.6. The van der Waals surface area contributed by atoms with E-state index in [9.17, 15) is 17.6 Å². The molecule has 0 bridgehead atoms. The minimum atomic E-state index is -3.58. The Morgan fingerprint density at radius 1 is 1.50 bits per heavy atom. The molecule has 0 aromatic heterocycles. The first-order chi connectivity index (χ1) is 9.35. The number of rotatable bonds is 4. The molecular formula is C11H14FN3O3S2. The number of anilines is 2. The summed E-state index contributed by atoms with van der Waals surface area (Å²) in [6.45, 7) is 0. The average Bonchev–Trinajstić information content (AvgIpc) is 2.85. The molecule has 1 saturated heterocycles. The second-order valence-corrected chi connectivity index (χ2v) is 7.11. The first kappa shape index (κ1) is 15.1. The summed E-state index contributed by atoms with van der Waals surface area (Å²) in [5.41, 5.74) is 0.139. The summed E-state index contributed by atoms with van der Waals surface area (Å²) in [5.74, 6) is 0.444. The van der Waals surface area contributed by atoms with Gasteiger partial charge < -0.3 is 5.32 Å². The lowest BCUT2D eigenvalue weighted by Gasteiger charge is -2.12. The Morgan fingerprint density at radius 3 is 2.85 bits per heavy atom. The van der Waals surface area contributed by atoms with Crippen LogP contribution < -0.4 is 15.4 Å². The largest absolute Gasteiger partial charge is 0.325 e. The lowest BCUT2D eigenvalue weighted by Crippen LogP contribution is -2.37. The maximum absolute atomic E-state index is 13.5. The number of carbonyl (C=O) groups is 1. The van der Waals surface area contributed by atoms with Crippen molar-refractivity contribution in [2.75, 3.05) is 27.9 Å². The molecule has 1 aliphatic heterocycles. The molecule has 1 aromatic carbocycles. The van der Waals surface area contributed by atoms with Crippen molar-refractivity contribution in [1.29, 1.82) is 0 Å². The molecule has 0 aliphatic carbocycles. The fourth-order valence-electron chi connectivity index (χ4n) is 1.67. The number of thioether (sulfide) groups is 1. The molecule has 1 heterocycles. The molecule has 110 valence electrons. The summed E-state index contributed by atoms with van der Waals surface area (Å²) >= 11 is 1.61. The maximum atomic E-state index is 13.5. The number of nitrogens with one attached hydrogen (secondary N) is 3. The van der Waals surface area contributed by atoms with Gasteiger partial charge in [0.2, 0.25) is 15.9 Å². The number of amides is 1. The van der Waals surface area contributed by atoms with Crippen LogP contribution >= 0.6 is 11.8 Å². The quantitative estimate of drug-likeness (QED) is 0.764. The van der Waals surface area contributed by atoms with Crippen LogP contribution in [0.5, 0.6) is 0 Å². The van der Waals surface area contributed by atoms with E-state index in [1.807, 2.05) is 0 Å². The van der Waals surface area contributed by atoms with E-state index in [1.54, 1.807) is 11.8 Å². The van der Waals surface area contributed by atoms with Gasteiger partial charge in [0.05, 0.1) is 18.0 Å².